The topological polar surface area (TPSA) is 114 Å². The number of hydrogen-bond acceptors (Lipinski definition) is 7. The second kappa shape index (κ2) is 13.3. The Morgan fingerprint density at radius 3 is 2.34 bits per heavy atom. The molecule has 0 atom stereocenters. The molecule has 0 aliphatic rings. The zero-order valence-electron chi connectivity index (χ0n) is 22.3. The van der Waals surface area contributed by atoms with E-state index in [0.717, 1.165) is 33.3 Å². The van der Waals surface area contributed by atoms with Crippen molar-refractivity contribution in [3.05, 3.63) is 101 Å². The van der Waals surface area contributed by atoms with Gasteiger partial charge in [0.1, 0.15) is 16.6 Å². The van der Waals surface area contributed by atoms with Gasteiger partial charge in [0.15, 0.2) is 11.5 Å². The summed E-state index contributed by atoms with van der Waals surface area (Å²) in [4.78, 5) is 26.1. The van der Waals surface area contributed by atoms with Crippen molar-refractivity contribution in [2.45, 2.75) is 10.6 Å². The minimum Gasteiger partial charge on any atom is -0.493 e. The lowest BCUT2D eigenvalue weighted by molar-refractivity contribution is -0.114. The quantitative estimate of drug-likeness (QED) is 0.245. The molecule has 2 amide bonds. The summed E-state index contributed by atoms with van der Waals surface area (Å²) in [6, 6.07) is 19.7. The fourth-order valence-corrected chi connectivity index (χ4v) is 6.53. The van der Waals surface area contributed by atoms with E-state index < -0.39 is 34.2 Å². The number of nitrogens with zero attached hydrogens (tertiary/aromatic N) is 1. The molecule has 0 saturated carbocycles. The number of sulfonamides is 1. The van der Waals surface area contributed by atoms with Gasteiger partial charge in [-0.25, -0.2) is 12.8 Å². The third kappa shape index (κ3) is 7.21. The lowest BCUT2D eigenvalue weighted by atomic mass is 10.1. The van der Waals surface area contributed by atoms with Crippen molar-refractivity contribution < 1.29 is 31.9 Å². The second-order valence-corrected chi connectivity index (χ2v) is 11.7. The fourth-order valence-electron chi connectivity index (χ4n) is 4.00. The maximum atomic E-state index is 13.5. The van der Waals surface area contributed by atoms with E-state index in [-0.39, 0.29) is 21.1 Å². The summed E-state index contributed by atoms with van der Waals surface area (Å²) in [5.41, 5.74) is 1.48. The third-order valence-electron chi connectivity index (χ3n) is 6.03. The highest BCUT2D eigenvalue weighted by Crippen LogP contribution is 2.28. The number of hydrogen-bond donors (Lipinski definition) is 2. The highest BCUT2D eigenvalue weighted by molar-refractivity contribution is 7.94. The molecule has 1 heterocycles. The smallest absolute Gasteiger partial charge is 0.274 e. The summed E-state index contributed by atoms with van der Waals surface area (Å²) in [7, 11) is -1.01. The molecule has 0 unspecified atom stereocenters. The third-order valence-corrected chi connectivity index (χ3v) is 9.18. The number of benzene rings is 3. The predicted molar refractivity (Wildman–Crippen MR) is 156 cm³/mol. The number of para-hydroxylation sites is 1. The molecule has 0 aliphatic heterocycles. The van der Waals surface area contributed by atoms with Gasteiger partial charge >= 0.3 is 0 Å². The van der Waals surface area contributed by atoms with E-state index in [4.69, 9.17) is 9.47 Å². The number of nitrogens with one attached hydrogen (secondary N) is 2. The molecule has 1 aromatic heterocycles. The molecule has 41 heavy (non-hydrogen) atoms. The van der Waals surface area contributed by atoms with Crippen LogP contribution in [0.1, 0.15) is 15.9 Å². The summed E-state index contributed by atoms with van der Waals surface area (Å²) < 4.78 is 51.7. The van der Waals surface area contributed by atoms with E-state index in [0.29, 0.717) is 24.5 Å². The first kappa shape index (κ1) is 29.6. The van der Waals surface area contributed by atoms with Crippen LogP contribution in [-0.4, -0.2) is 47.5 Å². The average Bonchev–Trinajstić information content (AvgIpc) is 3.53. The molecule has 4 rings (SSSR count). The van der Waals surface area contributed by atoms with Gasteiger partial charge < -0.3 is 20.1 Å². The average molecular weight is 598 g/mol. The van der Waals surface area contributed by atoms with E-state index in [1.54, 1.807) is 56.0 Å². The Bertz CT molecular complexity index is 1610. The van der Waals surface area contributed by atoms with Gasteiger partial charge in [-0.05, 0) is 72.0 Å². The first-order chi connectivity index (χ1) is 19.7. The largest absolute Gasteiger partial charge is 0.493 e. The zero-order valence-corrected chi connectivity index (χ0v) is 23.9. The van der Waals surface area contributed by atoms with Crippen LogP contribution in [0, 0.1) is 5.82 Å². The molecule has 214 valence electrons. The molecule has 0 saturated heterocycles. The van der Waals surface area contributed by atoms with Crippen LogP contribution < -0.4 is 24.4 Å². The number of thiophene rings is 1. The van der Waals surface area contributed by atoms with Crippen LogP contribution in [0.25, 0.3) is 0 Å². The van der Waals surface area contributed by atoms with Gasteiger partial charge in [0.2, 0.25) is 5.91 Å². The summed E-state index contributed by atoms with van der Waals surface area (Å²) in [6.07, 6.45) is 0.522. The molecule has 0 spiro atoms. The Kier molecular flexibility index (Phi) is 9.58. The van der Waals surface area contributed by atoms with E-state index >= 15 is 0 Å². The normalized spacial score (nSPS) is 11.0. The Labute approximate surface area is 241 Å². The number of amides is 2. The summed E-state index contributed by atoms with van der Waals surface area (Å²) >= 11 is 1.00. The molecule has 0 radical (unpaired) electrons. The van der Waals surface area contributed by atoms with E-state index in [1.807, 2.05) is 12.1 Å². The molecule has 12 heteroatoms. The van der Waals surface area contributed by atoms with Crippen molar-refractivity contribution in [2.24, 2.45) is 0 Å². The van der Waals surface area contributed by atoms with Crippen molar-refractivity contribution >= 4 is 44.5 Å². The Morgan fingerprint density at radius 1 is 0.927 bits per heavy atom. The number of methoxy groups -OCH3 is 2. The van der Waals surface area contributed by atoms with Gasteiger partial charge in [0.05, 0.1) is 31.2 Å². The van der Waals surface area contributed by atoms with Crippen molar-refractivity contribution in [3.63, 3.8) is 0 Å². The number of halogens is 1. The minimum atomic E-state index is -4.11. The standard InChI is InChI=1S/C29H28FN3O6S2/c1-38-25-14-9-20(18-26(25)39-2)15-16-31-29(35)23-6-3-4-7-24(23)32-27(34)19-33(22-12-10-21(30)11-13-22)41(36,37)28-8-5-17-40-28/h3-14,17-18H,15-16,19H2,1-2H3,(H,31,35)(H,32,34). The molecule has 2 N–H and O–H groups in total. The minimum absolute atomic E-state index is 0.0314. The first-order valence-corrected chi connectivity index (χ1v) is 14.7. The van der Waals surface area contributed by atoms with Crippen LogP contribution in [0.4, 0.5) is 15.8 Å². The Balaban J connectivity index is 1.46. The molecule has 0 bridgehead atoms. The van der Waals surface area contributed by atoms with Gasteiger partial charge in [0, 0.05) is 6.54 Å². The first-order valence-electron chi connectivity index (χ1n) is 12.4. The SMILES string of the molecule is COc1ccc(CCNC(=O)c2ccccc2NC(=O)CN(c2ccc(F)cc2)S(=O)(=O)c2cccs2)cc1OC. The van der Waals surface area contributed by atoms with Crippen LogP contribution in [0.5, 0.6) is 11.5 Å². The van der Waals surface area contributed by atoms with Crippen LogP contribution in [0.3, 0.4) is 0 Å². The van der Waals surface area contributed by atoms with E-state index in [2.05, 4.69) is 10.6 Å². The maximum absolute atomic E-state index is 13.5. The van der Waals surface area contributed by atoms with Crippen LogP contribution in [0.15, 0.2) is 88.5 Å². The fraction of sp³-hybridized carbons (Fsp3) is 0.172. The number of rotatable bonds is 12. The van der Waals surface area contributed by atoms with Gasteiger partial charge in [-0.3, -0.25) is 13.9 Å². The van der Waals surface area contributed by atoms with Gasteiger partial charge in [-0.2, -0.15) is 0 Å². The van der Waals surface area contributed by atoms with Crippen molar-refractivity contribution in [1.82, 2.24) is 5.32 Å². The van der Waals surface area contributed by atoms with E-state index in [1.165, 1.54) is 18.2 Å². The molecule has 3 aromatic carbocycles. The summed E-state index contributed by atoms with van der Waals surface area (Å²) in [5.74, 6) is -0.452. The second-order valence-electron chi connectivity index (χ2n) is 8.71. The molecule has 9 nitrogen and oxygen atoms in total. The monoisotopic (exact) mass is 597 g/mol. The Hall–Kier alpha value is -4.42. The van der Waals surface area contributed by atoms with E-state index in [9.17, 15) is 22.4 Å². The lowest BCUT2D eigenvalue weighted by Gasteiger charge is -2.23. The number of ether oxygens (including phenoxy) is 2. The predicted octanol–water partition coefficient (Wildman–Crippen LogP) is 4.71. The van der Waals surface area contributed by atoms with Crippen molar-refractivity contribution in [3.8, 4) is 11.5 Å². The molecule has 0 fully saturated rings. The zero-order chi connectivity index (χ0) is 29.4. The lowest BCUT2D eigenvalue weighted by Crippen LogP contribution is -2.38. The number of carbonyl (C=O) groups is 2. The highest BCUT2D eigenvalue weighted by Gasteiger charge is 2.28. The van der Waals surface area contributed by atoms with Crippen LogP contribution in [-0.2, 0) is 21.2 Å². The van der Waals surface area contributed by atoms with Crippen molar-refractivity contribution in [2.75, 3.05) is 36.9 Å². The summed E-state index contributed by atoms with van der Waals surface area (Å²) in [5, 5.41) is 7.10. The van der Waals surface area contributed by atoms with Crippen LogP contribution in [0.2, 0.25) is 0 Å². The number of carbonyl (C=O) groups excluding carboxylic acids is 2. The highest BCUT2D eigenvalue weighted by atomic mass is 32.2. The Morgan fingerprint density at radius 2 is 1.66 bits per heavy atom. The number of anilines is 2. The summed E-state index contributed by atoms with van der Waals surface area (Å²) in [6.45, 7) is -0.283. The van der Waals surface area contributed by atoms with Crippen molar-refractivity contribution in [1.29, 1.82) is 0 Å². The molecular formula is C29H28FN3O6S2. The maximum Gasteiger partial charge on any atom is 0.274 e. The van der Waals surface area contributed by atoms with Gasteiger partial charge in [-0.15, -0.1) is 11.3 Å². The van der Waals surface area contributed by atoms with Gasteiger partial charge in [0.25, 0.3) is 15.9 Å². The molecular weight excluding hydrogens is 569 g/mol. The van der Waals surface area contributed by atoms with Crippen LogP contribution >= 0.6 is 11.3 Å². The van der Waals surface area contributed by atoms with Gasteiger partial charge in [-0.1, -0.05) is 24.3 Å². The molecule has 0 aliphatic carbocycles. The molecule has 4 aromatic rings.